The van der Waals surface area contributed by atoms with E-state index >= 15 is 0 Å². The summed E-state index contributed by atoms with van der Waals surface area (Å²) in [4.78, 5) is 22.4. The number of anilines is 1. The molecule has 1 fully saturated rings. The lowest BCUT2D eigenvalue weighted by Crippen LogP contribution is -2.45. The van der Waals surface area contributed by atoms with Crippen molar-refractivity contribution in [2.45, 2.75) is 26.3 Å². The monoisotopic (exact) mass is 352 g/mol. The van der Waals surface area contributed by atoms with Crippen LogP contribution in [0.4, 0.5) is 5.82 Å². The zero-order valence-corrected chi connectivity index (χ0v) is 14.9. The number of amides is 1. The van der Waals surface area contributed by atoms with Gasteiger partial charge in [-0.05, 0) is 32.4 Å². The zero-order chi connectivity index (χ0) is 17.4. The number of nitrogens with one attached hydrogen (secondary N) is 3. The van der Waals surface area contributed by atoms with Gasteiger partial charge in [-0.15, -0.1) is 0 Å². The zero-order valence-electron chi connectivity index (χ0n) is 14.2. The van der Waals surface area contributed by atoms with Gasteiger partial charge in [-0.3, -0.25) is 4.79 Å². The van der Waals surface area contributed by atoms with E-state index in [1.807, 2.05) is 26.0 Å². The fourth-order valence-corrected chi connectivity index (χ4v) is 2.84. The summed E-state index contributed by atoms with van der Waals surface area (Å²) in [7, 11) is 0. The average molecular weight is 353 g/mol. The molecule has 0 aromatic carbocycles. The Morgan fingerprint density at radius 1 is 1.42 bits per heavy atom. The van der Waals surface area contributed by atoms with Crippen LogP contribution < -0.4 is 20.9 Å². The topological polar surface area (TPSA) is 81.6 Å². The average Bonchev–Trinajstić information content (AvgIpc) is 3.02. The van der Waals surface area contributed by atoms with Crippen LogP contribution in [0.5, 0.6) is 0 Å². The van der Waals surface area contributed by atoms with Crippen molar-refractivity contribution < 1.29 is 4.79 Å². The first-order valence-corrected chi connectivity index (χ1v) is 8.68. The second-order valence-electron chi connectivity index (χ2n) is 5.53. The van der Waals surface area contributed by atoms with Crippen LogP contribution in [-0.4, -0.2) is 55.6 Å². The van der Waals surface area contributed by atoms with Crippen molar-refractivity contribution in [3.63, 3.8) is 0 Å². The van der Waals surface area contributed by atoms with Crippen molar-refractivity contribution >= 4 is 29.3 Å². The van der Waals surface area contributed by atoms with E-state index in [4.69, 9.17) is 11.6 Å². The number of rotatable bonds is 6. The Hall–Kier alpha value is -2.02. The van der Waals surface area contributed by atoms with E-state index in [2.05, 4.69) is 30.8 Å². The molecule has 1 atom stereocenters. The highest BCUT2D eigenvalue weighted by Crippen LogP contribution is 2.25. The van der Waals surface area contributed by atoms with E-state index < -0.39 is 0 Å². The molecular formula is C16H25ClN6O. The standard InChI is InChI=1S/C16H25ClN6O/c1-3-18-14(24)10-21-16(19-4-2)22-12-7-9-23(11-12)15-13(17)6-5-8-20-15/h5-6,8,12H,3-4,7,9-11H2,1-2H3,(H,18,24)(H2,19,21,22). The Morgan fingerprint density at radius 2 is 2.21 bits per heavy atom. The number of guanidine groups is 1. The summed E-state index contributed by atoms with van der Waals surface area (Å²) in [6, 6.07) is 3.91. The molecule has 132 valence electrons. The molecule has 8 heteroatoms. The Kier molecular flexibility index (Phi) is 7.11. The van der Waals surface area contributed by atoms with Gasteiger partial charge in [-0.1, -0.05) is 11.6 Å². The van der Waals surface area contributed by atoms with Gasteiger partial charge in [0.2, 0.25) is 5.91 Å². The molecule has 3 N–H and O–H groups in total. The third-order valence-corrected chi connectivity index (χ3v) is 3.96. The summed E-state index contributed by atoms with van der Waals surface area (Å²) in [6.07, 6.45) is 2.71. The summed E-state index contributed by atoms with van der Waals surface area (Å²) < 4.78 is 0. The summed E-state index contributed by atoms with van der Waals surface area (Å²) in [5.41, 5.74) is 0. The molecule has 0 aliphatic carbocycles. The summed E-state index contributed by atoms with van der Waals surface area (Å²) in [5, 5.41) is 9.95. The maximum atomic E-state index is 11.6. The molecule has 0 radical (unpaired) electrons. The smallest absolute Gasteiger partial charge is 0.241 e. The fourth-order valence-electron chi connectivity index (χ4n) is 2.60. The van der Waals surface area contributed by atoms with E-state index in [0.717, 1.165) is 31.9 Å². The maximum Gasteiger partial charge on any atom is 0.241 e. The Morgan fingerprint density at radius 3 is 2.92 bits per heavy atom. The van der Waals surface area contributed by atoms with Gasteiger partial charge < -0.3 is 20.9 Å². The van der Waals surface area contributed by atoms with Gasteiger partial charge in [0.1, 0.15) is 12.4 Å². The first-order chi connectivity index (χ1) is 11.6. The molecule has 1 unspecified atom stereocenters. The van der Waals surface area contributed by atoms with Gasteiger partial charge in [0.15, 0.2) is 5.96 Å². The number of aliphatic imine (C=N–C) groups is 1. The Labute approximate surface area is 147 Å². The fraction of sp³-hybridized carbons (Fsp3) is 0.562. The number of halogens is 1. The predicted octanol–water partition coefficient (Wildman–Crippen LogP) is 1.00. The number of nitrogens with zero attached hydrogens (tertiary/aromatic N) is 3. The highest BCUT2D eigenvalue weighted by Gasteiger charge is 2.25. The van der Waals surface area contributed by atoms with Gasteiger partial charge in [0, 0.05) is 38.4 Å². The normalized spacial score (nSPS) is 17.7. The van der Waals surface area contributed by atoms with Crippen molar-refractivity contribution in [2.75, 3.05) is 37.6 Å². The highest BCUT2D eigenvalue weighted by atomic mass is 35.5. The first kappa shape index (κ1) is 18.3. The quantitative estimate of drug-likeness (QED) is 0.526. The molecule has 0 bridgehead atoms. The maximum absolute atomic E-state index is 11.6. The third kappa shape index (κ3) is 5.26. The van der Waals surface area contributed by atoms with Crippen LogP contribution in [0.1, 0.15) is 20.3 Å². The number of hydrogen-bond acceptors (Lipinski definition) is 4. The van der Waals surface area contributed by atoms with E-state index in [9.17, 15) is 4.79 Å². The summed E-state index contributed by atoms with van der Waals surface area (Å²) >= 11 is 6.22. The lowest BCUT2D eigenvalue weighted by molar-refractivity contribution is -0.119. The molecule has 24 heavy (non-hydrogen) atoms. The molecule has 1 aliphatic rings. The predicted molar refractivity (Wildman–Crippen MR) is 97.7 cm³/mol. The van der Waals surface area contributed by atoms with Crippen LogP contribution in [0.2, 0.25) is 5.02 Å². The minimum Gasteiger partial charge on any atom is -0.357 e. The van der Waals surface area contributed by atoms with Crippen LogP contribution >= 0.6 is 11.6 Å². The molecule has 1 saturated heterocycles. The minimum atomic E-state index is -0.0805. The third-order valence-electron chi connectivity index (χ3n) is 3.67. The van der Waals surface area contributed by atoms with Gasteiger partial charge in [-0.2, -0.15) is 0 Å². The van der Waals surface area contributed by atoms with Crippen molar-refractivity contribution in [3.05, 3.63) is 23.4 Å². The van der Waals surface area contributed by atoms with Crippen molar-refractivity contribution in [1.29, 1.82) is 0 Å². The molecule has 0 saturated carbocycles. The van der Waals surface area contributed by atoms with Gasteiger partial charge >= 0.3 is 0 Å². The molecule has 1 amide bonds. The summed E-state index contributed by atoms with van der Waals surface area (Å²) in [6.45, 7) is 7.03. The molecule has 1 aromatic rings. The molecule has 1 aliphatic heterocycles. The Balaban J connectivity index is 1.92. The molecular weight excluding hydrogens is 328 g/mol. The molecule has 2 rings (SSSR count). The van der Waals surface area contributed by atoms with Gasteiger partial charge in [0.05, 0.1) is 5.02 Å². The largest absolute Gasteiger partial charge is 0.357 e. The second kappa shape index (κ2) is 9.32. The molecule has 7 nitrogen and oxygen atoms in total. The summed E-state index contributed by atoms with van der Waals surface area (Å²) in [5.74, 6) is 1.39. The lowest BCUT2D eigenvalue weighted by Gasteiger charge is -2.20. The van der Waals surface area contributed by atoms with Crippen molar-refractivity contribution in [3.8, 4) is 0 Å². The van der Waals surface area contributed by atoms with E-state index in [-0.39, 0.29) is 18.5 Å². The number of likely N-dealkylation sites (N-methyl/N-ethyl adjacent to an activating group) is 1. The van der Waals surface area contributed by atoms with Crippen LogP contribution in [0.25, 0.3) is 0 Å². The second-order valence-corrected chi connectivity index (χ2v) is 5.94. The van der Waals surface area contributed by atoms with Crippen molar-refractivity contribution in [1.82, 2.24) is 20.9 Å². The van der Waals surface area contributed by atoms with Crippen LogP contribution in [0.15, 0.2) is 23.3 Å². The van der Waals surface area contributed by atoms with Crippen LogP contribution in [0.3, 0.4) is 0 Å². The van der Waals surface area contributed by atoms with Gasteiger partial charge in [-0.25, -0.2) is 9.98 Å². The first-order valence-electron chi connectivity index (χ1n) is 8.31. The lowest BCUT2D eigenvalue weighted by atomic mass is 10.3. The van der Waals surface area contributed by atoms with E-state index in [0.29, 0.717) is 17.5 Å². The molecule has 2 heterocycles. The molecule has 1 aromatic heterocycles. The van der Waals surface area contributed by atoms with Crippen molar-refractivity contribution in [2.24, 2.45) is 4.99 Å². The SMILES string of the molecule is CCNC(=O)CN=C(NCC)NC1CCN(c2ncccc2Cl)C1. The number of carbonyl (C=O) groups is 1. The van der Waals surface area contributed by atoms with Crippen LogP contribution in [0, 0.1) is 0 Å². The Bertz CT molecular complexity index is 579. The number of carbonyl (C=O) groups excluding carboxylic acids is 1. The number of aromatic nitrogens is 1. The van der Waals surface area contributed by atoms with Crippen LogP contribution in [-0.2, 0) is 4.79 Å². The highest BCUT2D eigenvalue weighted by molar-refractivity contribution is 6.32. The van der Waals surface area contributed by atoms with E-state index in [1.54, 1.807) is 6.20 Å². The molecule has 0 spiro atoms. The van der Waals surface area contributed by atoms with E-state index in [1.165, 1.54) is 0 Å². The minimum absolute atomic E-state index is 0.0805. The van der Waals surface area contributed by atoms with Gasteiger partial charge in [0.25, 0.3) is 0 Å². The number of pyridine rings is 1. The number of hydrogen-bond donors (Lipinski definition) is 3.